The van der Waals surface area contributed by atoms with Crippen LogP contribution in [0, 0.1) is 5.92 Å². The highest BCUT2D eigenvalue weighted by Gasteiger charge is 2.24. The van der Waals surface area contributed by atoms with Gasteiger partial charge in [0.15, 0.2) is 0 Å². The van der Waals surface area contributed by atoms with Gasteiger partial charge in [0.25, 0.3) is 5.91 Å². The van der Waals surface area contributed by atoms with Crippen molar-refractivity contribution in [1.82, 2.24) is 10.2 Å². The summed E-state index contributed by atoms with van der Waals surface area (Å²) in [4.78, 5) is 30.3. The lowest BCUT2D eigenvalue weighted by Crippen LogP contribution is -2.36. The zero-order valence-corrected chi connectivity index (χ0v) is 18.7. The average molecular weight is 415 g/mol. The van der Waals surface area contributed by atoms with Crippen LogP contribution in [0.5, 0.6) is 0 Å². The van der Waals surface area contributed by atoms with E-state index in [0.29, 0.717) is 12.1 Å². The quantitative estimate of drug-likeness (QED) is 0.644. The molecule has 1 saturated carbocycles. The SMILES string of the molecule is CCN(CC)CCNC(=O)c1cc(NC(=O)C2CCCC2)ccc1N1CCCCC1. The maximum absolute atomic E-state index is 13.1. The molecule has 3 rings (SSSR count). The molecule has 1 heterocycles. The number of piperidine rings is 1. The first-order valence-corrected chi connectivity index (χ1v) is 11.8. The summed E-state index contributed by atoms with van der Waals surface area (Å²) < 4.78 is 0. The lowest BCUT2D eigenvalue weighted by atomic mass is 10.0. The highest BCUT2D eigenvalue weighted by molar-refractivity contribution is 6.02. The van der Waals surface area contributed by atoms with E-state index in [9.17, 15) is 9.59 Å². The fourth-order valence-electron chi connectivity index (χ4n) is 4.60. The number of amides is 2. The largest absolute Gasteiger partial charge is 0.371 e. The van der Waals surface area contributed by atoms with Crippen molar-refractivity contribution in [2.45, 2.75) is 58.8 Å². The highest BCUT2D eigenvalue weighted by atomic mass is 16.2. The molecule has 1 aromatic rings. The summed E-state index contributed by atoms with van der Waals surface area (Å²) in [5.74, 6) is 0.143. The predicted molar refractivity (Wildman–Crippen MR) is 123 cm³/mol. The number of likely N-dealkylation sites (N-methyl/N-ethyl adjacent to an activating group) is 1. The number of hydrogen-bond donors (Lipinski definition) is 2. The van der Waals surface area contributed by atoms with E-state index >= 15 is 0 Å². The summed E-state index contributed by atoms with van der Waals surface area (Å²) in [5.41, 5.74) is 2.37. The van der Waals surface area contributed by atoms with E-state index in [-0.39, 0.29) is 17.7 Å². The predicted octanol–water partition coefficient (Wildman–Crippen LogP) is 3.88. The fraction of sp³-hybridized carbons (Fsp3) is 0.667. The second-order valence-electron chi connectivity index (χ2n) is 8.53. The molecule has 2 aliphatic rings. The van der Waals surface area contributed by atoms with Crippen LogP contribution in [0.3, 0.4) is 0 Å². The molecule has 6 heteroatoms. The number of rotatable bonds is 9. The summed E-state index contributed by atoms with van der Waals surface area (Å²) in [6, 6.07) is 5.82. The van der Waals surface area contributed by atoms with E-state index in [1.54, 1.807) is 0 Å². The Morgan fingerprint density at radius 2 is 1.73 bits per heavy atom. The molecule has 0 bridgehead atoms. The van der Waals surface area contributed by atoms with Gasteiger partial charge in [0.05, 0.1) is 5.56 Å². The van der Waals surface area contributed by atoms with Gasteiger partial charge in [-0.3, -0.25) is 9.59 Å². The van der Waals surface area contributed by atoms with Crippen molar-refractivity contribution < 1.29 is 9.59 Å². The van der Waals surface area contributed by atoms with Crippen molar-refractivity contribution in [3.63, 3.8) is 0 Å². The number of carbonyl (C=O) groups is 2. The molecular weight excluding hydrogens is 376 g/mol. The van der Waals surface area contributed by atoms with E-state index in [2.05, 4.69) is 34.3 Å². The average Bonchev–Trinajstić information content (AvgIpc) is 3.32. The molecule has 0 radical (unpaired) electrons. The standard InChI is InChI=1S/C24H38N4O2/c1-3-27(4-2)17-14-25-24(30)21-18-20(26-23(29)19-10-6-7-11-19)12-13-22(21)28-15-8-5-9-16-28/h12-13,18-19H,3-11,14-17H2,1-2H3,(H,25,30)(H,26,29). The van der Waals surface area contributed by atoms with E-state index in [4.69, 9.17) is 0 Å². The number of nitrogens with one attached hydrogen (secondary N) is 2. The van der Waals surface area contributed by atoms with E-state index in [0.717, 1.165) is 82.6 Å². The lowest BCUT2D eigenvalue weighted by molar-refractivity contribution is -0.119. The first-order chi connectivity index (χ1) is 14.6. The molecule has 1 saturated heterocycles. The Morgan fingerprint density at radius 3 is 2.40 bits per heavy atom. The van der Waals surface area contributed by atoms with Gasteiger partial charge >= 0.3 is 0 Å². The second kappa shape index (κ2) is 11.3. The van der Waals surface area contributed by atoms with Crippen LogP contribution in [0.25, 0.3) is 0 Å². The summed E-state index contributed by atoms with van der Waals surface area (Å²) in [6.07, 6.45) is 7.76. The summed E-state index contributed by atoms with van der Waals surface area (Å²) >= 11 is 0. The number of benzene rings is 1. The number of anilines is 2. The monoisotopic (exact) mass is 414 g/mol. The van der Waals surface area contributed by atoms with E-state index in [1.807, 2.05) is 18.2 Å². The Hall–Kier alpha value is -2.08. The van der Waals surface area contributed by atoms with Crippen molar-refractivity contribution in [2.24, 2.45) is 5.92 Å². The molecule has 2 fully saturated rings. The minimum atomic E-state index is -0.0558. The van der Waals surface area contributed by atoms with E-state index in [1.165, 1.54) is 6.42 Å². The number of nitrogens with zero attached hydrogens (tertiary/aromatic N) is 2. The zero-order chi connectivity index (χ0) is 21.3. The van der Waals surface area contributed by atoms with E-state index < -0.39 is 0 Å². The highest BCUT2D eigenvalue weighted by Crippen LogP contribution is 2.29. The topological polar surface area (TPSA) is 64.7 Å². The molecule has 0 unspecified atom stereocenters. The van der Waals surface area contributed by atoms with Crippen LogP contribution in [-0.4, -0.2) is 56.0 Å². The Balaban J connectivity index is 1.73. The molecule has 2 amide bonds. The molecule has 0 spiro atoms. The lowest BCUT2D eigenvalue weighted by Gasteiger charge is -2.30. The molecule has 1 aromatic carbocycles. The first-order valence-electron chi connectivity index (χ1n) is 11.8. The normalized spacial score (nSPS) is 17.4. The molecule has 2 N–H and O–H groups in total. The van der Waals surface area contributed by atoms with Crippen LogP contribution < -0.4 is 15.5 Å². The minimum Gasteiger partial charge on any atom is -0.371 e. The summed E-state index contributed by atoms with van der Waals surface area (Å²) in [6.45, 7) is 9.66. The van der Waals surface area contributed by atoms with Gasteiger partial charge in [0.2, 0.25) is 5.91 Å². The van der Waals surface area contributed by atoms with Gasteiger partial charge in [0, 0.05) is 43.5 Å². The maximum Gasteiger partial charge on any atom is 0.253 e. The van der Waals surface area contributed by atoms with Crippen molar-refractivity contribution in [3.05, 3.63) is 23.8 Å². The summed E-state index contributed by atoms with van der Waals surface area (Å²) in [7, 11) is 0. The minimum absolute atomic E-state index is 0.0558. The molecule has 6 nitrogen and oxygen atoms in total. The van der Waals surface area contributed by atoms with Crippen molar-refractivity contribution in [2.75, 3.05) is 49.5 Å². The Labute approximate surface area is 181 Å². The van der Waals surface area contributed by atoms with Crippen LogP contribution in [0.15, 0.2) is 18.2 Å². The van der Waals surface area contributed by atoms with Crippen LogP contribution in [0.4, 0.5) is 11.4 Å². The molecule has 30 heavy (non-hydrogen) atoms. The molecule has 1 aliphatic carbocycles. The van der Waals surface area contributed by atoms with Crippen molar-refractivity contribution in [1.29, 1.82) is 0 Å². The third-order valence-corrected chi connectivity index (χ3v) is 6.54. The molecule has 1 aliphatic heterocycles. The van der Waals surface area contributed by atoms with Gasteiger partial charge < -0.3 is 20.4 Å². The van der Waals surface area contributed by atoms with Crippen LogP contribution in [0.1, 0.15) is 69.2 Å². The van der Waals surface area contributed by atoms with Gasteiger partial charge in [-0.05, 0) is 63.4 Å². The van der Waals surface area contributed by atoms with Crippen LogP contribution in [-0.2, 0) is 4.79 Å². The van der Waals surface area contributed by atoms with Crippen LogP contribution >= 0.6 is 0 Å². The van der Waals surface area contributed by atoms with Gasteiger partial charge in [-0.15, -0.1) is 0 Å². The maximum atomic E-state index is 13.1. The van der Waals surface area contributed by atoms with Crippen LogP contribution in [0.2, 0.25) is 0 Å². The van der Waals surface area contributed by atoms with Gasteiger partial charge in [-0.2, -0.15) is 0 Å². The van der Waals surface area contributed by atoms with Gasteiger partial charge in [-0.1, -0.05) is 26.7 Å². The zero-order valence-electron chi connectivity index (χ0n) is 18.7. The molecule has 0 aromatic heterocycles. The smallest absolute Gasteiger partial charge is 0.253 e. The van der Waals surface area contributed by atoms with Crippen molar-refractivity contribution >= 4 is 23.2 Å². The number of hydrogen-bond acceptors (Lipinski definition) is 4. The number of carbonyl (C=O) groups excluding carboxylic acids is 2. The Kier molecular flexibility index (Phi) is 8.55. The molecule has 166 valence electrons. The summed E-state index contributed by atoms with van der Waals surface area (Å²) in [5, 5.41) is 6.15. The second-order valence-corrected chi connectivity index (χ2v) is 8.53. The van der Waals surface area contributed by atoms with Gasteiger partial charge in [0.1, 0.15) is 0 Å². The third-order valence-electron chi connectivity index (χ3n) is 6.54. The Bertz CT molecular complexity index is 705. The van der Waals surface area contributed by atoms with Gasteiger partial charge in [-0.25, -0.2) is 0 Å². The Morgan fingerprint density at radius 1 is 1.03 bits per heavy atom. The molecular formula is C24H38N4O2. The fourth-order valence-corrected chi connectivity index (χ4v) is 4.60. The van der Waals surface area contributed by atoms with Crippen molar-refractivity contribution in [3.8, 4) is 0 Å². The third kappa shape index (κ3) is 5.97. The molecule has 0 atom stereocenters. The first kappa shape index (κ1) is 22.6.